The molecule has 5 aromatic rings. The normalized spacial score (nSPS) is 11.8. The summed E-state index contributed by atoms with van der Waals surface area (Å²) in [6.07, 6.45) is 0. The smallest absolute Gasteiger partial charge is 0.336 e. The third-order valence-corrected chi connectivity index (χ3v) is 6.72. The fraction of sp³-hybridized carbons (Fsp3) is 0.0968. The van der Waals surface area contributed by atoms with Crippen molar-refractivity contribution < 1.29 is 23.5 Å². The fourth-order valence-corrected chi connectivity index (χ4v) is 4.71. The molecular weight excluding hydrogens is 543 g/mol. The monoisotopic (exact) mass is 566 g/mol. The lowest BCUT2D eigenvalue weighted by atomic mass is 10.1. The van der Waals surface area contributed by atoms with Gasteiger partial charge in [0.25, 0.3) is 11.5 Å². The summed E-state index contributed by atoms with van der Waals surface area (Å²) in [4.78, 5) is 53.3. The summed E-state index contributed by atoms with van der Waals surface area (Å²) in [5.41, 5.74) is 0.212. The lowest BCUT2D eigenvalue weighted by Crippen LogP contribution is -2.41. The van der Waals surface area contributed by atoms with Crippen LogP contribution in [0.25, 0.3) is 16.6 Å². The van der Waals surface area contributed by atoms with Crippen molar-refractivity contribution >= 4 is 28.4 Å². The summed E-state index contributed by atoms with van der Waals surface area (Å²) in [7, 11) is 0. The van der Waals surface area contributed by atoms with E-state index in [1.807, 2.05) is 0 Å². The van der Waals surface area contributed by atoms with E-state index in [9.17, 15) is 23.6 Å². The van der Waals surface area contributed by atoms with Crippen molar-refractivity contribution in [1.29, 1.82) is 0 Å². The van der Waals surface area contributed by atoms with Crippen LogP contribution in [-0.4, -0.2) is 27.7 Å². The van der Waals surface area contributed by atoms with Crippen molar-refractivity contribution in [3.05, 3.63) is 129 Å². The Morgan fingerprint density at radius 3 is 2.48 bits per heavy atom. The fourth-order valence-electron chi connectivity index (χ4n) is 4.71. The highest BCUT2D eigenvalue weighted by molar-refractivity contribution is 5.98. The van der Waals surface area contributed by atoms with E-state index in [2.05, 4.69) is 10.6 Å². The molecule has 4 aromatic carbocycles. The Morgan fingerprint density at radius 2 is 1.67 bits per heavy atom. The first kappa shape index (κ1) is 26.5. The number of para-hydroxylation sites is 1. The molecule has 1 aliphatic rings. The highest BCUT2D eigenvalue weighted by atomic mass is 19.1. The van der Waals surface area contributed by atoms with Crippen LogP contribution in [-0.2, 0) is 17.9 Å². The molecule has 0 atom stereocenters. The summed E-state index contributed by atoms with van der Waals surface area (Å²) in [6, 6.07) is 23.3. The van der Waals surface area contributed by atoms with Gasteiger partial charge >= 0.3 is 5.69 Å². The Hall–Kier alpha value is -5.71. The van der Waals surface area contributed by atoms with E-state index < -0.39 is 35.4 Å². The molecule has 1 aliphatic heterocycles. The summed E-state index contributed by atoms with van der Waals surface area (Å²) < 4.78 is 26.4. The molecule has 210 valence electrons. The number of rotatable bonds is 7. The summed E-state index contributed by atoms with van der Waals surface area (Å²) in [5.74, 6) is -0.405. The Bertz CT molecular complexity index is 1970. The SMILES string of the molecule is O=C(Cn1c(=O)n(-c2ccccc2)c(=O)c2ccc(C(=O)NCc3ccc4c(c3)OCO4)cc21)Nc1cccc(F)c1. The van der Waals surface area contributed by atoms with Crippen LogP contribution in [0.5, 0.6) is 11.5 Å². The predicted octanol–water partition coefficient (Wildman–Crippen LogP) is 3.59. The second-order valence-electron chi connectivity index (χ2n) is 9.51. The van der Waals surface area contributed by atoms with Crippen molar-refractivity contribution in [3.63, 3.8) is 0 Å². The molecule has 42 heavy (non-hydrogen) atoms. The van der Waals surface area contributed by atoms with Gasteiger partial charge in [-0.15, -0.1) is 0 Å². The predicted molar refractivity (Wildman–Crippen MR) is 153 cm³/mol. The van der Waals surface area contributed by atoms with E-state index in [0.29, 0.717) is 17.2 Å². The van der Waals surface area contributed by atoms with Gasteiger partial charge in [0.2, 0.25) is 12.7 Å². The number of ether oxygens (including phenoxy) is 2. The van der Waals surface area contributed by atoms with Crippen LogP contribution in [0.3, 0.4) is 0 Å². The van der Waals surface area contributed by atoms with Gasteiger partial charge in [0, 0.05) is 17.8 Å². The second kappa shape index (κ2) is 11.0. The van der Waals surface area contributed by atoms with Gasteiger partial charge in [0.05, 0.1) is 16.6 Å². The molecule has 0 aliphatic carbocycles. The molecule has 10 nitrogen and oxygen atoms in total. The highest BCUT2D eigenvalue weighted by Gasteiger charge is 2.19. The van der Waals surface area contributed by atoms with E-state index in [-0.39, 0.29) is 35.5 Å². The molecule has 0 unspecified atom stereocenters. The molecule has 2 amide bonds. The van der Waals surface area contributed by atoms with Gasteiger partial charge in [-0.05, 0) is 66.2 Å². The third kappa shape index (κ3) is 5.22. The number of aromatic nitrogens is 2. The number of fused-ring (bicyclic) bond motifs is 2. The zero-order chi connectivity index (χ0) is 29.2. The number of carbonyl (C=O) groups excluding carboxylic acids is 2. The van der Waals surface area contributed by atoms with Crippen LogP contribution < -0.4 is 31.4 Å². The maximum absolute atomic E-state index is 13.7. The maximum Gasteiger partial charge on any atom is 0.336 e. The van der Waals surface area contributed by atoms with E-state index in [1.54, 1.807) is 48.5 Å². The zero-order valence-electron chi connectivity index (χ0n) is 22.0. The van der Waals surface area contributed by atoms with Crippen molar-refractivity contribution in [3.8, 4) is 17.2 Å². The first-order valence-corrected chi connectivity index (χ1v) is 12.9. The van der Waals surface area contributed by atoms with Crippen LogP contribution in [0.2, 0.25) is 0 Å². The average Bonchev–Trinajstić information content (AvgIpc) is 3.46. The molecule has 0 saturated heterocycles. The maximum atomic E-state index is 13.7. The Labute approximate surface area is 237 Å². The number of nitrogens with zero attached hydrogens (tertiary/aromatic N) is 2. The molecular formula is C31H23FN4O6. The van der Waals surface area contributed by atoms with Crippen molar-refractivity contribution in [2.24, 2.45) is 0 Å². The van der Waals surface area contributed by atoms with Gasteiger partial charge in [0.15, 0.2) is 11.5 Å². The van der Waals surface area contributed by atoms with E-state index >= 15 is 0 Å². The van der Waals surface area contributed by atoms with Crippen LogP contribution in [0.4, 0.5) is 10.1 Å². The van der Waals surface area contributed by atoms with Crippen molar-refractivity contribution in [1.82, 2.24) is 14.5 Å². The number of nitrogens with one attached hydrogen (secondary N) is 2. The minimum absolute atomic E-state index is 0.0994. The third-order valence-electron chi connectivity index (χ3n) is 6.72. The lowest BCUT2D eigenvalue weighted by molar-refractivity contribution is -0.116. The molecule has 0 spiro atoms. The Kier molecular flexibility index (Phi) is 6.97. The first-order valence-electron chi connectivity index (χ1n) is 12.9. The highest BCUT2D eigenvalue weighted by Crippen LogP contribution is 2.32. The molecule has 6 rings (SSSR count). The minimum atomic E-state index is -0.772. The average molecular weight is 567 g/mol. The molecule has 2 heterocycles. The molecule has 0 fully saturated rings. The van der Waals surface area contributed by atoms with Gasteiger partial charge in [-0.2, -0.15) is 0 Å². The standard InChI is InChI=1S/C31H23FN4O6/c32-21-5-4-6-22(15-21)34-28(37)17-35-25-14-20(29(38)33-16-19-9-12-26-27(13-19)42-18-41-26)10-11-24(25)30(39)36(31(35)40)23-7-2-1-3-8-23/h1-15H,16-18H2,(H,33,38)(H,34,37). The molecule has 0 bridgehead atoms. The summed E-state index contributed by atoms with van der Waals surface area (Å²) in [6.45, 7) is -0.177. The topological polar surface area (TPSA) is 121 Å². The number of amides is 2. The van der Waals surface area contributed by atoms with Gasteiger partial charge in [-0.1, -0.05) is 30.3 Å². The number of hydrogen-bond acceptors (Lipinski definition) is 6. The first-order chi connectivity index (χ1) is 20.4. The summed E-state index contributed by atoms with van der Waals surface area (Å²) in [5, 5.41) is 5.51. The number of hydrogen-bond donors (Lipinski definition) is 2. The summed E-state index contributed by atoms with van der Waals surface area (Å²) >= 11 is 0. The molecule has 0 saturated carbocycles. The number of anilines is 1. The van der Waals surface area contributed by atoms with Crippen LogP contribution in [0.15, 0.2) is 101 Å². The van der Waals surface area contributed by atoms with E-state index in [4.69, 9.17) is 9.47 Å². The quantitative estimate of drug-likeness (QED) is 0.311. The largest absolute Gasteiger partial charge is 0.454 e. The Balaban J connectivity index is 1.36. The number of halogens is 1. The molecule has 0 radical (unpaired) electrons. The molecule has 11 heteroatoms. The number of benzene rings is 4. The molecule has 2 N–H and O–H groups in total. The van der Waals surface area contributed by atoms with Crippen LogP contribution >= 0.6 is 0 Å². The van der Waals surface area contributed by atoms with E-state index in [1.165, 1.54) is 36.4 Å². The van der Waals surface area contributed by atoms with Crippen molar-refractivity contribution in [2.75, 3.05) is 12.1 Å². The zero-order valence-corrected chi connectivity index (χ0v) is 22.0. The Morgan fingerprint density at radius 1 is 0.857 bits per heavy atom. The van der Waals surface area contributed by atoms with Crippen LogP contribution in [0, 0.1) is 5.82 Å². The molecule has 1 aromatic heterocycles. The minimum Gasteiger partial charge on any atom is -0.454 e. The number of carbonyl (C=O) groups is 2. The van der Waals surface area contributed by atoms with Gasteiger partial charge in [-0.25, -0.2) is 13.8 Å². The van der Waals surface area contributed by atoms with E-state index in [0.717, 1.165) is 20.8 Å². The second-order valence-corrected chi connectivity index (χ2v) is 9.51. The van der Waals surface area contributed by atoms with Gasteiger partial charge in [0.1, 0.15) is 12.4 Å². The van der Waals surface area contributed by atoms with Crippen LogP contribution in [0.1, 0.15) is 15.9 Å². The van der Waals surface area contributed by atoms with Crippen molar-refractivity contribution in [2.45, 2.75) is 13.1 Å². The van der Waals surface area contributed by atoms with Gasteiger partial charge in [-0.3, -0.25) is 19.0 Å². The lowest BCUT2D eigenvalue weighted by Gasteiger charge is -2.15. The van der Waals surface area contributed by atoms with Gasteiger partial charge < -0.3 is 20.1 Å².